The molecule has 0 amide bonds. The number of benzene rings is 4. The van der Waals surface area contributed by atoms with Crippen LogP contribution >= 0.6 is 15.6 Å². The summed E-state index contributed by atoms with van der Waals surface area (Å²) in [6, 6.07) is 36.6. The highest BCUT2D eigenvalue weighted by atomic mass is 31.2. The minimum absolute atomic E-state index is 0.0898. The number of nitrogens with two attached hydrogens (primary N) is 1. The lowest BCUT2D eigenvalue weighted by Crippen LogP contribution is -2.69. The Bertz CT molecular complexity index is 1990. The molecule has 0 radical (unpaired) electrons. The van der Waals surface area contributed by atoms with Gasteiger partial charge in [-0.2, -0.15) is 0 Å². The van der Waals surface area contributed by atoms with Crippen molar-refractivity contribution in [3.8, 4) is 0 Å². The molecule has 0 aromatic heterocycles. The van der Waals surface area contributed by atoms with Crippen molar-refractivity contribution in [2.45, 2.75) is 93.7 Å². The van der Waals surface area contributed by atoms with Crippen LogP contribution in [0.15, 0.2) is 121 Å². The van der Waals surface area contributed by atoms with Gasteiger partial charge in [-0.1, -0.05) is 121 Å². The minimum atomic E-state index is -4.66. The Morgan fingerprint density at radius 3 is 1.39 bits per heavy atom. The molecule has 4 fully saturated rings. The van der Waals surface area contributed by atoms with E-state index in [4.69, 9.17) is 52.2 Å². The summed E-state index contributed by atoms with van der Waals surface area (Å²) >= 11 is 0. The summed E-state index contributed by atoms with van der Waals surface area (Å²) in [5.74, 6) is 0. The minimum Gasteiger partial charge on any atom is -0.369 e. The lowest BCUT2D eigenvalue weighted by atomic mass is 9.83. The van der Waals surface area contributed by atoms with Crippen LogP contribution in [0.3, 0.4) is 0 Å². The molecule has 4 aromatic carbocycles. The molecule has 13 atom stereocenters. The lowest BCUT2D eigenvalue weighted by molar-refractivity contribution is -0.324. The number of hydrogen-bond acceptors (Lipinski definition) is 13. The number of hydrogen-bond donors (Lipinski definition) is 3. The van der Waals surface area contributed by atoms with Gasteiger partial charge in [-0.25, -0.2) is 9.13 Å². The van der Waals surface area contributed by atoms with Crippen molar-refractivity contribution >= 4 is 15.6 Å². The van der Waals surface area contributed by atoms with Crippen molar-refractivity contribution in [2.75, 3.05) is 6.61 Å². The van der Waals surface area contributed by atoms with Gasteiger partial charge in [0, 0.05) is 0 Å². The number of phosphoric ester groups is 2. The maximum absolute atomic E-state index is 13.4. The van der Waals surface area contributed by atoms with Crippen LogP contribution in [-0.4, -0.2) is 83.7 Å². The van der Waals surface area contributed by atoms with E-state index in [2.05, 4.69) is 0 Å². The van der Waals surface area contributed by atoms with E-state index in [1.54, 1.807) is 0 Å². The van der Waals surface area contributed by atoms with Crippen molar-refractivity contribution in [3.05, 3.63) is 144 Å². The third kappa shape index (κ3) is 9.83. The quantitative estimate of drug-likeness (QED) is 0.141. The number of rotatable bonds is 14. The Hall–Kier alpha value is -3.18. The second-order valence-corrected chi connectivity index (χ2v) is 17.0. The first-order valence-electron chi connectivity index (χ1n) is 18.7. The molecule has 1 saturated carbocycles. The van der Waals surface area contributed by atoms with E-state index < -0.39 is 82.9 Å². The summed E-state index contributed by atoms with van der Waals surface area (Å²) in [7, 11) is -9.10. The molecular weight excluding hydrogens is 780 g/mol. The van der Waals surface area contributed by atoms with Crippen LogP contribution in [0.25, 0.3) is 0 Å². The standard InChI is InChI=1S/C40H45NO14P2/c41-31-33(46-21-26-13-5-1-6-14-26)32-30(25-50-56(42,43)53-32)51-40(31)52-37-35(48-23-28-17-9-3-10-18-28)34(47-22-27-15-7-2-8-16-27)36(38-39(37)55-57(44,45)54-38)49-24-29-19-11-4-12-20-29/h1-20,30-40H,21-25,41H2,(H,42,43)(H,44,45)/t30-,31-,32-,33-,34+,35+,36-,37-,38-,39+,40-/m1/s1. The third-order valence-electron chi connectivity index (χ3n) is 10.2. The Kier molecular flexibility index (Phi) is 12.8. The summed E-state index contributed by atoms with van der Waals surface area (Å²) in [5.41, 5.74) is 10.2. The second-order valence-electron chi connectivity index (χ2n) is 14.2. The first-order valence-corrected chi connectivity index (χ1v) is 21.7. The average molecular weight is 826 g/mol. The molecule has 17 heteroatoms. The highest BCUT2D eigenvalue weighted by Gasteiger charge is 2.63. The van der Waals surface area contributed by atoms with E-state index in [0.717, 1.165) is 22.3 Å². The molecule has 0 bridgehead atoms. The zero-order valence-electron chi connectivity index (χ0n) is 30.7. The molecule has 3 aliphatic heterocycles. The Morgan fingerprint density at radius 1 is 0.526 bits per heavy atom. The maximum Gasteiger partial charge on any atom is 0.473 e. The van der Waals surface area contributed by atoms with Gasteiger partial charge < -0.3 is 43.9 Å². The topological polar surface area (TPSA) is 193 Å². The summed E-state index contributed by atoms with van der Waals surface area (Å²) in [5, 5.41) is 0. The molecule has 57 heavy (non-hydrogen) atoms. The van der Waals surface area contributed by atoms with E-state index in [0.29, 0.717) is 0 Å². The van der Waals surface area contributed by atoms with Crippen molar-refractivity contribution in [2.24, 2.45) is 5.73 Å². The molecule has 4 aromatic rings. The Labute approximate surface area is 330 Å². The fourth-order valence-corrected chi connectivity index (χ4v) is 9.61. The molecule has 4 aliphatic rings. The third-order valence-corrected chi connectivity index (χ3v) is 12.2. The van der Waals surface area contributed by atoms with Crippen LogP contribution in [-0.2, 0) is 82.1 Å². The smallest absolute Gasteiger partial charge is 0.369 e. The van der Waals surface area contributed by atoms with E-state index in [1.807, 2.05) is 121 Å². The van der Waals surface area contributed by atoms with Crippen LogP contribution in [0, 0.1) is 0 Å². The fraction of sp³-hybridized carbons (Fsp3) is 0.400. The van der Waals surface area contributed by atoms with Crippen LogP contribution in [0.4, 0.5) is 0 Å². The Morgan fingerprint density at radius 2 is 0.912 bits per heavy atom. The van der Waals surface area contributed by atoms with Gasteiger partial charge in [0.2, 0.25) is 0 Å². The lowest BCUT2D eigenvalue weighted by Gasteiger charge is -2.50. The molecule has 4 N–H and O–H groups in total. The van der Waals surface area contributed by atoms with Crippen molar-refractivity contribution in [3.63, 3.8) is 0 Å². The number of ether oxygens (including phenoxy) is 6. The van der Waals surface area contributed by atoms with Gasteiger partial charge in [-0.05, 0) is 22.3 Å². The van der Waals surface area contributed by atoms with Crippen molar-refractivity contribution < 1.29 is 65.4 Å². The van der Waals surface area contributed by atoms with Gasteiger partial charge in [0.15, 0.2) is 6.29 Å². The molecule has 3 saturated heterocycles. The number of phosphoric acid groups is 2. The van der Waals surface area contributed by atoms with Crippen LogP contribution in [0.1, 0.15) is 22.3 Å². The fourth-order valence-electron chi connectivity index (χ4n) is 7.51. The van der Waals surface area contributed by atoms with E-state index in [-0.39, 0.29) is 33.0 Å². The Balaban J connectivity index is 1.14. The summed E-state index contributed by atoms with van der Waals surface area (Å²) in [4.78, 5) is 21.2. The van der Waals surface area contributed by atoms with Gasteiger partial charge >= 0.3 is 15.6 Å². The number of fused-ring (bicyclic) bond motifs is 2. The van der Waals surface area contributed by atoms with E-state index in [1.165, 1.54) is 0 Å². The maximum atomic E-state index is 13.4. The average Bonchev–Trinajstić information content (AvgIpc) is 3.55. The summed E-state index contributed by atoms with van der Waals surface area (Å²) in [6.07, 6.45) is -11.0. The molecule has 15 nitrogen and oxygen atoms in total. The van der Waals surface area contributed by atoms with Crippen LogP contribution in [0.5, 0.6) is 0 Å². The van der Waals surface area contributed by atoms with Gasteiger partial charge in [0.1, 0.15) is 54.9 Å². The molecule has 8 rings (SSSR count). The van der Waals surface area contributed by atoms with Gasteiger partial charge in [0.05, 0.1) is 39.1 Å². The monoisotopic (exact) mass is 825 g/mol. The first-order chi connectivity index (χ1) is 27.6. The van der Waals surface area contributed by atoms with Gasteiger partial charge in [-0.15, -0.1) is 0 Å². The van der Waals surface area contributed by atoms with Gasteiger partial charge in [0.25, 0.3) is 0 Å². The molecule has 304 valence electrons. The van der Waals surface area contributed by atoms with Crippen LogP contribution in [0.2, 0.25) is 0 Å². The molecule has 0 spiro atoms. The van der Waals surface area contributed by atoms with Crippen molar-refractivity contribution in [1.82, 2.24) is 0 Å². The molecule has 2 unspecified atom stereocenters. The second kappa shape index (κ2) is 18.0. The highest BCUT2D eigenvalue weighted by molar-refractivity contribution is 7.47. The van der Waals surface area contributed by atoms with Crippen LogP contribution < -0.4 is 5.73 Å². The van der Waals surface area contributed by atoms with E-state index in [9.17, 15) is 18.9 Å². The zero-order chi connectivity index (χ0) is 39.4. The molecule has 1 aliphatic carbocycles. The zero-order valence-corrected chi connectivity index (χ0v) is 32.5. The highest BCUT2D eigenvalue weighted by Crippen LogP contribution is 2.58. The molecule has 3 heterocycles. The SMILES string of the molecule is N[C@H]1[C@@H](O[C@@H]2[C@@H](OCc3ccccc3)[C@H](OCc3ccccc3)[C@@H](OCc3ccccc3)[C@H]3OP(=O)(O)O[C@@H]23)O[C@@H]2COP(=O)(O)O[C@H]2[C@@H]1OCc1ccccc1. The van der Waals surface area contributed by atoms with Crippen molar-refractivity contribution in [1.29, 1.82) is 0 Å². The summed E-state index contributed by atoms with van der Waals surface area (Å²) in [6.45, 7) is 0.0928. The summed E-state index contributed by atoms with van der Waals surface area (Å²) < 4.78 is 87.4. The predicted octanol–water partition coefficient (Wildman–Crippen LogP) is 5.18. The van der Waals surface area contributed by atoms with E-state index >= 15 is 0 Å². The molecular formula is C40H45NO14P2. The predicted molar refractivity (Wildman–Crippen MR) is 202 cm³/mol. The largest absolute Gasteiger partial charge is 0.473 e. The normalized spacial score (nSPS) is 36.3. The van der Waals surface area contributed by atoms with Gasteiger partial charge in [-0.3, -0.25) is 18.1 Å². The first kappa shape index (κ1) is 40.6.